The molecule has 1 atom stereocenters. The molecule has 102 valence electrons. The van der Waals surface area contributed by atoms with Gasteiger partial charge in [0.15, 0.2) is 0 Å². The van der Waals surface area contributed by atoms with Crippen molar-refractivity contribution in [3.8, 4) is 0 Å². The van der Waals surface area contributed by atoms with Crippen molar-refractivity contribution in [3.05, 3.63) is 52.1 Å². The number of aryl methyl sites for hydroxylation is 2. The summed E-state index contributed by atoms with van der Waals surface area (Å²) in [4.78, 5) is 0. The molecule has 1 unspecified atom stereocenters. The van der Waals surface area contributed by atoms with Crippen LogP contribution in [-0.4, -0.2) is 9.78 Å². The van der Waals surface area contributed by atoms with E-state index in [1.165, 1.54) is 6.07 Å². The van der Waals surface area contributed by atoms with Crippen LogP contribution in [-0.2, 0) is 19.9 Å². The molecule has 0 amide bonds. The lowest BCUT2D eigenvalue weighted by Gasteiger charge is -2.12. The van der Waals surface area contributed by atoms with Crippen LogP contribution in [0.3, 0.4) is 0 Å². The first kappa shape index (κ1) is 14.0. The van der Waals surface area contributed by atoms with Crippen molar-refractivity contribution in [2.75, 3.05) is 0 Å². The molecule has 2 N–H and O–H groups in total. The SMILES string of the molecule is CCc1nn(C)cc1C(N)Cc1cccc(F)c1Cl. The fourth-order valence-electron chi connectivity index (χ4n) is 2.19. The number of aromatic nitrogens is 2. The third kappa shape index (κ3) is 2.96. The first-order chi connectivity index (χ1) is 9.02. The Balaban J connectivity index is 2.25. The van der Waals surface area contributed by atoms with Gasteiger partial charge < -0.3 is 5.73 Å². The Bertz CT molecular complexity index is 580. The highest BCUT2D eigenvalue weighted by Gasteiger charge is 2.16. The third-order valence-electron chi connectivity index (χ3n) is 3.14. The molecule has 0 spiro atoms. The van der Waals surface area contributed by atoms with E-state index in [1.54, 1.807) is 16.8 Å². The molecule has 5 heteroatoms. The minimum atomic E-state index is -0.409. The zero-order valence-electron chi connectivity index (χ0n) is 11.0. The van der Waals surface area contributed by atoms with Gasteiger partial charge >= 0.3 is 0 Å². The lowest BCUT2D eigenvalue weighted by Crippen LogP contribution is -2.15. The van der Waals surface area contributed by atoms with Gasteiger partial charge in [0, 0.05) is 24.8 Å². The summed E-state index contributed by atoms with van der Waals surface area (Å²) in [7, 11) is 1.87. The standard InChI is InChI=1S/C14H17ClFN3/c1-3-13-10(8-19(2)18-13)12(17)7-9-5-4-6-11(16)14(9)15/h4-6,8,12H,3,7,17H2,1-2H3. The zero-order valence-corrected chi connectivity index (χ0v) is 11.8. The Morgan fingerprint density at radius 1 is 1.47 bits per heavy atom. The van der Waals surface area contributed by atoms with E-state index >= 15 is 0 Å². The van der Waals surface area contributed by atoms with Gasteiger partial charge in [-0.05, 0) is 24.5 Å². The molecule has 1 aromatic carbocycles. The normalized spacial score (nSPS) is 12.7. The molecule has 0 saturated heterocycles. The largest absolute Gasteiger partial charge is 0.324 e. The minimum absolute atomic E-state index is 0.153. The van der Waals surface area contributed by atoms with E-state index in [1.807, 2.05) is 20.2 Å². The second kappa shape index (κ2) is 5.72. The lowest BCUT2D eigenvalue weighted by molar-refractivity contribution is 0.622. The summed E-state index contributed by atoms with van der Waals surface area (Å²) in [5, 5.41) is 4.51. The summed E-state index contributed by atoms with van der Waals surface area (Å²) in [6.45, 7) is 2.04. The van der Waals surface area contributed by atoms with Crippen LogP contribution in [0, 0.1) is 5.82 Å². The van der Waals surface area contributed by atoms with Gasteiger partial charge in [-0.15, -0.1) is 0 Å². The average Bonchev–Trinajstić information content (AvgIpc) is 2.76. The molecule has 0 aliphatic heterocycles. The molecule has 19 heavy (non-hydrogen) atoms. The highest BCUT2D eigenvalue weighted by atomic mass is 35.5. The maximum absolute atomic E-state index is 13.4. The molecule has 2 rings (SSSR count). The Labute approximate surface area is 117 Å². The van der Waals surface area contributed by atoms with E-state index in [0.717, 1.165) is 23.2 Å². The van der Waals surface area contributed by atoms with E-state index in [0.29, 0.717) is 6.42 Å². The van der Waals surface area contributed by atoms with Crippen LogP contribution in [0.5, 0.6) is 0 Å². The van der Waals surface area contributed by atoms with Crippen LogP contribution >= 0.6 is 11.6 Å². The van der Waals surface area contributed by atoms with Gasteiger partial charge in [-0.25, -0.2) is 4.39 Å². The lowest BCUT2D eigenvalue weighted by atomic mass is 9.99. The molecule has 1 heterocycles. The van der Waals surface area contributed by atoms with Crippen molar-refractivity contribution in [2.45, 2.75) is 25.8 Å². The van der Waals surface area contributed by atoms with Gasteiger partial charge in [0.05, 0.1) is 10.7 Å². The van der Waals surface area contributed by atoms with Crippen molar-refractivity contribution in [1.29, 1.82) is 0 Å². The van der Waals surface area contributed by atoms with Gasteiger partial charge in [0.1, 0.15) is 5.82 Å². The second-order valence-corrected chi connectivity index (χ2v) is 4.96. The van der Waals surface area contributed by atoms with E-state index < -0.39 is 5.82 Å². The molecular formula is C14H17ClFN3. The van der Waals surface area contributed by atoms with Crippen molar-refractivity contribution in [3.63, 3.8) is 0 Å². The van der Waals surface area contributed by atoms with Gasteiger partial charge in [0.2, 0.25) is 0 Å². The Morgan fingerprint density at radius 3 is 2.89 bits per heavy atom. The van der Waals surface area contributed by atoms with Crippen LogP contribution in [0.2, 0.25) is 5.02 Å². The van der Waals surface area contributed by atoms with Crippen LogP contribution < -0.4 is 5.73 Å². The average molecular weight is 282 g/mol. The number of hydrogen-bond acceptors (Lipinski definition) is 2. The van der Waals surface area contributed by atoms with Crippen molar-refractivity contribution in [2.24, 2.45) is 12.8 Å². The fourth-order valence-corrected chi connectivity index (χ4v) is 2.39. The fraction of sp³-hybridized carbons (Fsp3) is 0.357. The van der Waals surface area contributed by atoms with Crippen LogP contribution in [0.15, 0.2) is 24.4 Å². The second-order valence-electron chi connectivity index (χ2n) is 4.58. The van der Waals surface area contributed by atoms with Gasteiger partial charge in [-0.2, -0.15) is 5.10 Å². The van der Waals surface area contributed by atoms with E-state index in [-0.39, 0.29) is 11.1 Å². The monoisotopic (exact) mass is 281 g/mol. The van der Waals surface area contributed by atoms with Gasteiger partial charge in [-0.3, -0.25) is 4.68 Å². The maximum Gasteiger partial charge on any atom is 0.142 e. The number of halogens is 2. The summed E-state index contributed by atoms with van der Waals surface area (Å²) in [5.41, 5.74) is 8.89. The summed E-state index contributed by atoms with van der Waals surface area (Å²) in [6.07, 6.45) is 3.23. The van der Waals surface area contributed by atoms with Gasteiger partial charge in [0.25, 0.3) is 0 Å². The van der Waals surface area contributed by atoms with Crippen molar-refractivity contribution in [1.82, 2.24) is 9.78 Å². The zero-order chi connectivity index (χ0) is 14.0. The van der Waals surface area contributed by atoms with Crippen LogP contribution in [0.1, 0.15) is 29.8 Å². The number of rotatable bonds is 4. The smallest absolute Gasteiger partial charge is 0.142 e. The molecule has 0 fully saturated rings. The molecule has 0 aliphatic rings. The van der Waals surface area contributed by atoms with Crippen LogP contribution in [0.4, 0.5) is 4.39 Å². The Kier molecular flexibility index (Phi) is 4.22. The number of nitrogens with zero attached hydrogens (tertiary/aromatic N) is 2. The number of hydrogen-bond donors (Lipinski definition) is 1. The van der Waals surface area contributed by atoms with Gasteiger partial charge in [-0.1, -0.05) is 30.7 Å². The maximum atomic E-state index is 13.4. The summed E-state index contributed by atoms with van der Waals surface area (Å²) in [5.74, 6) is -0.409. The van der Waals surface area contributed by atoms with Crippen molar-refractivity contribution >= 4 is 11.6 Å². The molecule has 0 bridgehead atoms. The molecule has 3 nitrogen and oxygen atoms in total. The van der Waals surface area contributed by atoms with E-state index in [9.17, 15) is 4.39 Å². The predicted molar refractivity (Wildman–Crippen MR) is 74.6 cm³/mol. The minimum Gasteiger partial charge on any atom is -0.324 e. The van der Waals surface area contributed by atoms with E-state index in [4.69, 9.17) is 17.3 Å². The molecule has 1 aromatic heterocycles. The number of nitrogens with two attached hydrogens (primary N) is 1. The topological polar surface area (TPSA) is 43.8 Å². The third-order valence-corrected chi connectivity index (χ3v) is 3.57. The van der Waals surface area contributed by atoms with Crippen molar-refractivity contribution < 1.29 is 4.39 Å². The first-order valence-electron chi connectivity index (χ1n) is 6.23. The summed E-state index contributed by atoms with van der Waals surface area (Å²) < 4.78 is 15.1. The molecule has 0 aliphatic carbocycles. The predicted octanol–water partition coefficient (Wildman–Crippen LogP) is 3.02. The number of benzene rings is 1. The Morgan fingerprint density at radius 2 is 2.21 bits per heavy atom. The Hall–Kier alpha value is -1.39. The molecular weight excluding hydrogens is 265 g/mol. The highest BCUT2D eigenvalue weighted by molar-refractivity contribution is 6.31. The molecule has 0 saturated carbocycles. The first-order valence-corrected chi connectivity index (χ1v) is 6.61. The van der Waals surface area contributed by atoms with E-state index in [2.05, 4.69) is 5.10 Å². The molecule has 2 aromatic rings. The summed E-state index contributed by atoms with van der Waals surface area (Å²) >= 11 is 5.95. The van der Waals surface area contributed by atoms with Crippen LogP contribution in [0.25, 0.3) is 0 Å². The highest BCUT2D eigenvalue weighted by Crippen LogP contribution is 2.25. The quantitative estimate of drug-likeness (QED) is 0.936. The molecule has 0 radical (unpaired) electrons. The summed E-state index contributed by atoms with van der Waals surface area (Å²) in [6, 6.07) is 4.56.